The van der Waals surface area contributed by atoms with Gasteiger partial charge in [0.15, 0.2) is 5.96 Å². The number of carbonyl (C=O) groups is 1. The summed E-state index contributed by atoms with van der Waals surface area (Å²) in [5.74, 6) is 0.907. The van der Waals surface area contributed by atoms with Gasteiger partial charge in [-0.1, -0.05) is 13.0 Å². The minimum absolute atomic E-state index is 0. The molecule has 0 radical (unpaired) electrons. The Balaban J connectivity index is 0.00000512. The highest BCUT2D eigenvalue weighted by molar-refractivity contribution is 14.0. The molecule has 1 amide bonds. The van der Waals surface area contributed by atoms with Crippen molar-refractivity contribution >= 4 is 35.8 Å². The third-order valence-corrected chi connectivity index (χ3v) is 5.18. The highest BCUT2D eigenvalue weighted by Gasteiger charge is 2.30. The first kappa shape index (κ1) is 28.3. The minimum Gasteiger partial charge on any atom is -0.489 e. The molecule has 0 bridgehead atoms. The SMILES string of the molecule is CCC(CNC(=NC)NCCN1CCN(C(C)=O)CC1)Oc1cccc(C(F)(F)F)c1.I. The largest absolute Gasteiger partial charge is 0.489 e. The van der Waals surface area contributed by atoms with Crippen molar-refractivity contribution in [3.63, 3.8) is 0 Å². The van der Waals surface area contributed by atoms with Crippen molar-refractivity contribution in [1.29, 1.82) is 0 Å². The number of carbonyl (C=O) groups excluding carboxylic acids is 1. The summed E-state index contributed by atoms with van der Waals surface area (Å²) >= 11 is 0. The van der Waals surface area contributed by atoms with Gasteiger partial charge in [-0.2, -0.15) is 13.2 Å². The number of ether oxygens (including phenoxy) is 1. The molecule has 11 heteroatoms. The Morgan fingerprint density at radius 2 is 1.91 bits per heavy atom. The van der Waals surface area contributed by atoms with Crippen molar-refractivity contribution in [2.75, 3.05) is 52.9 Å². The van der Waals surface area contributed by atoms with Gasteiger partial charge in [-0.25, -0.2) is 0 Å². The van der Waals surface area contributed by atoms with E-state index in [1.807, 2.05) is 11.8 Å². The molecular formula is C21H33F3IN5O2. The number of benzene rings is 1. The van der Waals surface area contributed by atoms with Crippen LogP contribution in [-0.2, 0) is 11.0 Å². The zero-order chi connectivity index (χ0) is 22.9. The second-order valence-electron chi connectivity index (χ2n) is 7.40. The van der Waals surface area contributed by atoms with Crippen LogP contribution in [0.1, 0.15) is 25.8 Å². The van der Waals surface area contributed by atoms with Crippen LogP contribution in [0.25, 0.3) is 0 Å². The van der Waals surface area contributed by atoms with E-state index >= 15 is 0 Å². The fourth-order valence-electron chi connectivity index (χ4n) is 3.26. The number of alkyl halides is 3. The molecule has 0 aromatic heterocycles. The standard InChI is InChI=1S/C21H32F3N5O2.HI/c1-4-18(31-19-7-5-6-17(14-19)21(22,23)24)15-27-20(25-3)26-8-9-28-10-12-29(13-11-28)16(2)30;/h5-7,14,18H,4,8-13,15H2,1-3H3,(H2,25,26,27);1H. The molecule has 1 aliphatic rings. The molecular weight excluding hydrogens is 538 g/mol. The second-order valence-corrected chi connectivity index (χ2v) is 7.40. The van der Waals surface area contributed by atoms with Crippen LogP contribution in [0.15, 0.2) is 29.3 Å². The van der Waals surface area contributed by atoms with Crippen molar-refractivity contribution in [3.8, 4) is 5.75 Å². The Labute approximate surface area is 204 Å². The van der Waals surface area contributed by atoms with E-state index < -0.39 is 11.7 Å². The van der Waals surface area contributed by atoms with Gasteiger partial charge in [0.05, 0.1) is 12.1 Å². The smallest absolute Gasteiger partial charge is 0.416 e. The van der Waals surface area contributed by atoms with Gasteiger partial charge in [0.25, 0.3) is 0 Å². The number of nitrogens with zero attached hydrogens (tertiary/aromatic N) is 3. The van der Waals surface area contributed by atoms with E-state index in [2.05, 4.69) is 20.5 Å². The van der Waals surface area contributed by atoms with Gasteiger partial charge in [-0.3, -0.25) is 14.7 Å². The maximum atomic E-state index is 12.9. The molecule has 1 aromatic carbocycles. The minimum atomic E-state index is -4.40. The van der Waals surface area contributed by atoms with E-state index in [0.29, 0.717) is 25.5 Å². The molecule has 182 valence electrons. The molecule has 2 rings (SSSR count). The van der Waals surface area contributed by atoms with E-state index in [1.54, 1.807) is 14.0 Å². The summed E-state index contributed by atoms with van der Waals surface area (Å²) in [5, 5.41) is 6.40. The van der Waals surface area contributed by atoms with Crippen LogP contribution in [0.4, 0.5) is 13.2 Å². The Hall–Kier alpha value is -1.76. The van der Waals surface area contributed by atoms with Crippen LogP contribution >= 0.6 is 24.0 Å². The summed E-state index contributed by atoms with van der Waals surface area (Å²) in [5.41, 5.74) is -0.727. The van der Waals surface area contributed by atoms with Gasteiger partial charge in [0.2, 0.25) is 5.91 Å². The summed E-state index contributed by atoms with van der Waals surface area (Å²) in [6.07, 6.45) is -4.08. The molecule has 2 N–H and O–H groups in total. The third kappa shape index (κ3) is 9.39. The molecule has 1 atom stereocenters. The van der Waals surface area contributed by atoms with Crippen molar-refractivity contribution in [3.05, 3.63) is 29.8 Å². The van der Waals surface area contributed by atoms with Crippen LogP contribution in [0.3, 0.4) is 0 Å². The van der Waals surface area contributed by atoms with Gasteiger partial charge in [-0.15, -0.1) is 24.0 Å². The van der Waals surface area contributed by atoms with Crippen molar-refractivity contribution in [1.82, 2.24) is 20.4 Å². The summed E-state index contributed by atoms with van der Waals surface area (Å²) < 4.78 is 44.4. The molecule has 0 spiro atoms. The molecule has 7 nitrogen and oxygen atoms in total. The molecule has 0 aliphatic carbocycles. The highest BCUT2D eigenvalue weighted by Crippen LogP contribution is 2.31. The second kappa shape index (κ2) is 13.7. The van der Waals surface area contributed by atoms with Gasteiger partial charge >= 0.3 is 6.18 Å². The van der Waals surface area contributed by atoms with Gasteiger partial charge in [-0.05, 0) is 24.6 Å². The maximum Gasteiger partial charge on any atom is 0.416 e. The lowest BCUT2D eigenvalue weighted by Gasteiger charge is -2.34. The zero-order valence-corrected chi connectivity index (χ0v) is 21.1. The van der Waals surface area contributed by atoms with E-state index in [4.69, 9.17) is 4.74 Å². The normalized spacial score (nSPS) is 16.2. The number of guanidine groups is 1. The van der Waals surface area contributed by atoms with Crippen LogP contribution in [-0.4, -0.2) is 80.6 Å². The average Bonchev–Trinajstić information content (AvgIpc) is 2.75. The van der Waals surface area contributed by atoms with E-state index in [1.165, 1.54) is 12.1 Å². The Kier molecular flexibility index (Phi) is 12.1. The molecule has 1 aliphatic heterocycles. The van der Waals surface area contributed by atoms with Crippen molar-refractivity contribution < 1.29 is 22.7 Å². The first-order valence-electron chi connectivity index (χ1n) is 10.5. The van der Waals surface area contributed by atoms with Crippen LogP contribution < -0.4 is 15.4 Å². The number of halogens is 4. The number of piperazine rings is 1. The van der Waals surface area contributed by atoms with E-state index in [-0.39, 0.29) is 41.7 Å². The summed E-state index contributed by atoms with van der Waals surface area (Å²) in [4.78, 5) is 19.7. The van der Waals surface area contributed by atoms with Gasteiger partial charge in [0.1, 0.15) is 11.9 Å². The number of hydrogen-bond donors (Lipinski definition) is 2. The van der Waals surface area contributed by atoms with Crippen LogP contribution in [0.2, 0.25) is 0 Å². The fraction of sp³-hybridized carbons (Fsp3) is 0.619. The number of amides is 1. The monoisotopic (exact) mass is 571 g/mol. The van der Waals surface area contributed by atoms with Gasteiger partial charge < -0.3 is 20.3 Å². The molecule has 32 heavy (non-hydrogen) atoms. The van der Waals surface area contributed by atoms with Crippen molar-refractivity contribution in [2.45, 2.75) is 32.5 Å². The maximum absolute atomic E-state index is 12.9. The molecule has 1 saturated heterocycles. The zero-order valence-electron chi connectivity index (χ0n) is 18.7. The Morgan fingerprint density at radius 1 is 1.22 bits per heavy atom. The van der Waals surface area contributed by atoms with E-state index in [9.17, 15) is 18.0 Å². The Bertz CT molecular complexity index is 740. The number of hydrogen-bond acceptors (Lipinski definition) is 4. The third-order valence-electron chi connectivity index (χ3n) is 5.18. The predicted molar refractivity (Wildman–Crippen MR) is 130 cm³/mol. The lowest BCUT2D eigenvalue weighted by molar-refractivity contribution is -0.137. The van der Waals surface area contributed by atoms with Crippen LogP contribution in [0.5, 0.6) is 5.75 Å². The van der Waals surface area contributed by atoms with E-state index in [0.717, 1.165) is 44.9 Å². The lowest BCUT2D eigenvalue weighted by Crippen LogP contribution is -2.50. The summed E-state index contributed by atoms with van der Waals surface area (Å²) in [7, 11) is 1.66. The molecule has 1 fully saturated rings. The fourth-order valence-corrected chi connectivity index (χ4v) is 3.26. The topological polar surface area (TPSA) is 69.2 Å². The summed E-state index contributed by atoms with van der Waals surface area (Å²) in [6, 6.07) is 4.91. The van der Waals surface area contributed by atoms with Crippen molar-refractivity contribution in [2.24, 2.45) is 4.99 Å². The lowest BCUT2D eigenvalue weighted by atomic mass is 10.2. The highest BCUT2D eigenvalue weighted by atomic mass is 127. The average molecular weight is 571 g/mol. The number of nitrogens with one attached hydrogen (secondary N) is 2. The quantitative estimate of drug-likeness (QED) is 0.286. The predicted octanol–water partition coefficient (Wildman–Crippen LogP) is 2.81. The number of rotatable bonds is 8. The van der Waals surface area contributed by atoms with Crippen LogP contribution in [0, 0.1) is 0 Å². The number of aliphatic imine (C=N–C) groups is 1. The first-order valence-corrected chi connectivity index (χ1v) is 10.5. The van der Waals surface area contributed by atoms with Gasteiger partial charge in [0, 0.05) is 53.2 Å². The molecule has 1 aromatic rings. The summed E-state index contributed by atoms with van der Waals surface area (Å²) in [6.45, 7) is 8.59. The Morgan fingerprint density at radius 3 is 2.47 bits per heavy atom. The first-order chi connectivity index (χ1) is 14.7. The molecule has 1 unspecified atom stereocenters. The molecule has 1 heterocycles. The molecule has 0 saturated carbocycles.